The fourth-order valence-electron chi connectivity index (χ4n) is 1.59. The van der Waals surface area contributed by atoms with Gasteiger partial charge in [-0.1, -0.05) is 13.8 Å². The second kappa shape index (κ2) is 6.94. The molecule has 0 aliphatic carbocycles. The number of carbonyl (C=O) groups excluding carboxylic acids is 1. The fraction of sp³-hybridized carbons (Fsp3) is 0.385. The van der Waals surface area contributed by atoms with Gasteiger partial charge in [0.25, 0.3) is 0 Å². The number of benzene rings is 1. The van der Waals surface area contributed by atoms with Crippen molar-refractivity contribution in [1.82, 2.24) is 0 Å². The van der Waals surface area contributed by atoms with Crippen LogP contribution in [0.5, 0.6) is 5.75 Å². The smallest absolute Gasteiger partial charge is 0.224 e. The van der Waals surface area contributed by atoms with Gasteiger partial charge in [0.05, 0.1) is 12.8 Å². The van der Waals surface area contributed by atoms with Crippen molar-refractivity contribution in [2.24, 2.45) is 11.7 Å². The third-order valence-corrected chi connectivity index (χ3v) is 2.44. The number of hydrogen-bond acceptors (Lipinski definition) is 3. The molecule has 1 amide bonds. The number of anilines is 2. The molecule has 0 radical (unpaired) electrons. The third-order valence-electron chi connectivity index (χ3n) is 2.34. The first kappa shape index (κ1) is 15.2. The van der Waals surface area contributed by atoms with E-state index in [4.69, 9.17) is 22.7 Å². The van der Waals surface area contributed by atoms with Gasteiger partial charge in [-0.3, -0.25) is 4.79 Å². The highest BCUT2D eigenvalue weighted by Gasteiger charge is 2.10. The van der Waals surface area contributed by atoms with Crippen molar-refractivity contribution in [2.75, 3.05) is 17.7 Å². The fourth-order valence-corrected chi connectivity index (χ4v) is 1.70. The number of carbonyl (C=O) groups is 1. The van der Waals surface area contributed by atoms with Gasteiger partial charge in [-0.05, 0) is 30.3 Å². The van der Waals surface area contributed by atoms with Crippen LogP contribution in [0.4, 0.5) is 11.4 Å². The second-order valence-electron chi connectivity index (χ2n) is 4.55. The summed E-state index contributed by atoms with van der Waals surface area (Å²) in [5.74, 6) is 0.822. The van der Waals surface area contributed by atoms with Crippen molar-refractivity contribution in [3.8, 4) is 5.75 Å². The van der Waals surface area contributed by atoms with Crippen molar-refractivity contribution in [3.05, 3.63) is 18.2 Å². The molecule has 0 saturated carbocycles. The van der Waals surface area contributed by atoms with Gasteiger partial charge in [0.15, 0.2) is 5.11 Å². The Morgan fingerprint density at radius 3 is 2.63 bits per heavy atom. The summed E-state index contributed by atoms with van der Waals surface area (Å²) < 4.78 is 5.23. The van der Waals surface area contributed by atoms with Crippen LogP contribution in [0.3, 0.4) is 0 Å². The number of thiocarbonyl (C=S) groups is 1. The Morgan fingerprint density at radius 1 is 1.42 bits per heavy atom. The molecule has 1 aromatic rings. The van der Waals surface area contributed by atoms with Gasteiger partial charge in [-0.2, -0.15) is 0 Å². The van der Waals surface area contributed by atoms with E-state index in [1.807, 2.05) is 13.8 Å². The Hall–Kier alpha value is -1.82. The van der Waals surface area contributed by atoms with Crippen molar-refractivity contribution in [1.29, 1.82) is 0 Å². The van der Waals surface area contributed by atoms with Gasteiger partial charge in [0.1, 0.15) is 5.75 Å². The van der Waals surface area contributed by atoms with E-state index >= 15 is 0 Å². The van der Waals surface area contributed by atoms with Crippen LogP contribution in [0.25, 0.3) is 0 Å². The quantitative estimate of drug-likeness (QED) is 0.722. The number of ether oxygens (including phenoxy) is 1. The van der Waals surface area contributed by atoms with E-state index in [1.165, 1.54) is 7.11 Å². The van der Waals surface area contributed by atoms with Gasteiger partial charge in [0, 0.05) is 18.2 Å². The minimum atomic E-state index is -0.0386. The predicted octanol–water partition coefficient (Wildman–Crippen LogP) is 2.34. The Kier molecular flexibility index (Phi) is 5.57. The van der Waals surface area contributed by atoms with E-state index < -0.39 is 0 Å². The average molecular weight is 281 g/mol. The van der Waals surface area contributed by atoms with Crippen LogP contribution >= 0.6 is 12.2 Å². The highest BCUT2D eigenvalue weighted by atomic mass is 32.1. The summed E-state index contributed by atoms with van der Waals surface area (Å²) in [6.07, 6.45) is 0.468. The molecule has 4 N–H and O–H groups in total. The number of nitrogens with two attached hydrogens (primary N) is 1. The maximum absolute atomic E-state index is 11.7. The lowest BCUT2D eigenvalue weighted by Crippen LogP contribution is -2.19. The first-order chi connectivity index (χ1) is 8.92. The minimum Gasteiger partial charge on any atom is -0.494 e. The predicted molar refractivity (Wildman–Crippen MR) is 81.5 cm³/mol. The number of amides is 1. The molecule has 0 aliphatic rings. The SMILES string of the molecule is COc1cc(NC(N)=S)ccc1NC(=O)CC(C)C. The van der Waals surface area contributed by atoms with Gasteiger partial charge in [-0.15, -0.1) is 0 Å². The van der Waals surface area contributed by atoms with Crippen LogP contribution in [0.2, 0.25) is 0 Å². The van der Waals surface area contributed by atoms with Crippen molar-refractivity contribution >= 4 is 34.6 Å². The molecule has 0 saturated heterocycles. The maximum atomic E-state index is 11.7. The Morgan fingerprint density at radius 2 is 2.11 bits per heavy atom. The standard InChI is InChI=1S/C13H19N3O2S/c1-8(2)6-12(17)16-10-5-4-9(15-13(14)19)7-11(10)18-3/h4-5,7-8H,6H2,1-3H3,(H,16,17)(H3,14,15,19). The Balaban J connectivity index is 2.84. The summed E-state index contributed by atoms with van der Waals surface area (Å²) in [6.45, 7) is 3.98. The second-order valence-corrected chi connectivity index (χ2v) is 4.99. The number of rotatable bonds is 5. The third kappa shape index (κ3) is 5.13. The zero-order valence-corrected chi connectivity index (χ0v) is 12.1. The van der Waals surface area contributed by atoms with Crippen LogP contribution in [-0.4, -0.2) is 18.1 Å². The van der Waals surface area contributed by atoms with Crippen LogP contribution in [-0.2, 0) is 4.79 Å². The molecular formula is C13H19N3O2S. The normalized spacial score (nSPS) is 10.1. The van der Waals surface area contributed by atoms with Gasteiger partial charge in [-0.25, -0.2) is 0 Å². The molecule has 104 valence electrons. The molecule has 19 heavy (non-hydrogen) atoms. The lowest BCUT2D eigenvalue weighted by Gasteiger charge is -2.13. The highest BCUT2D eigenvalue weighted by Crippen LogP contribution is 2.28. The topological polar surface area (TPSA) is 76.4 Å². The van der Waals surface area contributed by atoms with Crippen molar-refractivity contribution in [2.45, 2.75) is 20.3 Å². The van der Waals surface area contributed by atoms with E-state index in [-0.39, 0.29) is 11.0 Å². The highest BCUT2D eigenvalue weighted by molar-refractivity contribution is 7.80. The first-order valence-corrected chi connectivity index (χ1v) is 6.37. The lowest BCUT2D eigenvalue weighted by atomic mass is 10.1. The molecule has 0 spiro atoms. The molecule has 0 aromatic heterocycles. The summed E-state index contributed by atoms with van der Waals surface area (Å²) in [7, 11) is 1.54. The van der Waals surface area contributed by atoms with Crippen LogP contribution in [0.15, 0.2) is 18.2 Å². The van der Waals surface area contributed by atoms with Crippen molar-refractivity contribution < 1.29 is 9.53 Å². The molecule has 1 rings (SSSR count). The molecule has 0 bridgehead atoms. The summed E-state index contributed by atoms with van der Waals surface area (Å²) in [6, 6.07) is 5.24. The van der Waals surface area contributed by atoms with E-state index in [0.29, 0.717) is 29.5 Å². The van der Waals surface area contributed by atoms with Crippen LogP contribution in [0, 0.1) is 5.92 Å². The average Bonchev–Trinajstić information content (AvgIpc) is 2.29. The number of hydrogen-bond donors (Lipinski definition) is 3. The zero-order valence-electron chi connectivity index (χ0n) is 11.3. The molecule has 0 fully saturated rings. The molecule has 0 unspecified atom stereocenters. The molecule has 6 heteroatoms. The Bertz CT molecular complexity index is 475. The summed E-state index contributed by atoms with van der Waals surface area (Å²) >= 11 is 4.76. The molecular weight excluding hydrogens is 262 g/mol. The van der Waals surface area contributed by atoms with E-state index in [2.05, 4.69) is 10.6 Å². The molecule has 0 heterocycles. The Labute approximate surface area is 118 Å². The first-order valence-electron chi connectivity index (χ1n) is 5.96. The zero-order chi connectivity index (χ0) is 14.4. The monoisotopic (exact) mass is 281 g/mol. The largest absolute Gasteiger partial charge is 0.494 e. The van der Waals surface area contributed by atoms with Gasteiger partial charge >= 0.3 is 0 Å². The lowest BCUT2D eigenvalue weighted by molar-refractivity contribution is -0.116. The number of nitrogens with one attached hydrogen (secondary N) is 2. The summed E-state index contributed by atoms with van der Waals surface area (Å²) in [4.78, 5) is 11.7. The van der Waals surface area contributed by atoms with E-state index in [9.17, 15) is 4.79 Å². The van der Waals surface area contributed by atoms with Crippen LogP contribution in [0.1, 0.15) is 20.3 Å². The number of methoxy groups -OCH3 is 1. The van der Waals surface area contributed by atoms with E-state index in [0.717, 1.165) is 0 Å². The van der Waals surface area contributed by atoms with E-state index in [1.54, 1.807) is 18.2 Å². The summed E-state index contributed by atoms with van der Waals surface area (Å²) in [5, 5.41) is 5.81. The molecule has 0 aliphatic heterocycles. The molecule has 5 nitrogen and oxygen atoms in total. The van der Waals surface area contributed by atoms with Crippen molar-refractivity contribution in [3.63, 3.8) is 0 Å². The molecule has 0 atom stereocenters. The van der Waals surface area contributed by atoms with Gasteiger partial charge < -0.3 is 21.1 Å². The maximum Gasteiger partial charge on any atom is 0.224 e. The van der Waals surface area contributed by atoms with Crippen LogP contribution < -0.4 is 21.1 Å². The van der Waals surface area contributed by atoms with Gasteiger partial charge in [0.2, 0.25) is 5.91 Å². The molecule has 1 aromatic carbocycles. The summed E-state index contributed by atoms with van der Waals surface area (Å²) in [5.41, 5.74) is 6.74. The minimum absolute atomic E-state index is 0.0386.